The van der Waals surface area contributed by atoms with Gasteiger partial charge in [0.15, 0.2) is 0 Å². The molecule has 0 radical (unpaired) electrons. The molecule has 0 amide bonds. The summed E-state index contributed by atoms with van der Waals surface area (Å²) in [6.45, 7) is 0. The Kier molecular flexibility index (Phi) is 2.84. The average Bonchev–Trinajstić information content (AvgIpc) is 2.46. The number of hydrogen-bond donors (Lipinski definition) is 0. The van der Waals surface area contributed by atoms with Crippen molar-refractivity contribution in [1.82, 2.24) is 9.97 Å². The molecule has 0 unspecified atom stereocenters. The fourth-order valence-electron chi connectivity index (χ4n) is 1.92. The molecule has 1 aromatic carbocycles. The van der Waals surface area contributed by atoms with Gasteiger partial charge < -0.3 is 0 Å². The third-order valence-electron chi connectivity index (χ3n) is 2.80. The number of aromatic nitrogens is 2. The number of hydrogen-bond acceptors (Lipinski definition) is 2. The van der Waals surface area contributed by atoms with Gasteiger partial charge in [0.1, 0.15) is 0 Å². The van der Waals surface area contributed by atoms with Crippen LogP contribution in [0.3, 0.4) is 0 Å². The molecule has 2 heteroatoms. The Morgan fingerprint density at radius 3 is 2.56 bits per heavy atom. The van der Waals surface area contributed by atoms with Crippen molar-refractivity contribution in [3.8, 4) is 0 Å². The molecule has 0 aliphatic carbocycles. The first-order valence-electron chi connectivity index (χ1n) is 5.86. The lowest BCUT2D eigenvalue weighted by Crippen LogP contribution is -1.81. The summed E-state index contributed by atoms with van der Waals surface area (Å²) in [6.07, 6.45) is 7.70. The van der Waals surface area contributed by atoms with Crippen LogP contribution in [0.4, 0.5) is 0 Å². The Labute approximate surface area is 106 Å². The molecule has 3 aromatic rings. The van der Waals surface area contributed by atoms with E-state index < -0.39 is 0 Å². The fraction of sp³-hybridized carbons (Fsp3) is 0. The molecule has 0 saturated carbocycles. The second-order valence-electron chi connectivity index (χ2n) is 4.01. The van der Waals surface area contributed by atoms with Crippen molar-refractivity contribution >= 4 is 23.1 Å². The maximum absolute atomic E-state index is 4.35. The highest BCUT2D eigenvalue weighted by Crippen LogP contribution is 2.18. The molecular formula is C16H12N2. The third-order valence-corrected chi connectivity index (χ3v) is 2.80. The van der Waals surface area contributed by atoms with Crippen LogP contribution in [0.2, 0.25) is 0 Å². The van der Waals surface area contributed by atoms with Gasteiger partial charge >= 0.3 is 0 Å². The Hall–Kier alpha value is -2.48. The first-order valence-corrected chi connectivity index (χ1v) is 5.86. The van der Waals surface area contributed by atoms with Gasteiger partial charge in [-0.2, -0.15) is 0 Å². The van der Waals surface area contributed by atoms with Crippen LogP contribution in [0, 0.1) is 0 Å². The quantitative estimate of drug-likeness (QED) is 0.671. The van der Waals surface area contributed by atoms with Crippen LogP contribution in [0.5, 0.6) is 0 Å². The zero-order valence-corrected chi connectivity index (χ0v) is 9.82. The minimum atomic E-state index is 0.957. The summed E-state index contributed by atoms with van der Waals surface area (Å²) in [6, 6.07) is 16.1. The minimum absolute atomic E-state index is 0.957. The van der Waals surface area contributed by atoms with Crippen LogP contribution in [-0.2, 0) is 0 Å². The molecule has 0 saturated heterocycles. The van der Waals surface area contributed by atoms with E-state index in [1.165, 1.54) is 0 Å². The van der Waals surface area contributed by atoms with E-state index in [2.05, 4.69) is 28.2 Å². The summed E-state index contributed by atoms with van der Waals surface area (Å²) < 4.78 is 0. The zero-order valence-electron chi connectivity index (χ0n) is 9.82. The lowest BCUT2D eigenvalue weighted by Gasteiger charge is -2.00. The normalized spacial score (nSPS) is 11.1. The summed E-state index contributed by atoms with van der Waals surface area (Å²) in [5.41, 5.74) is 3.13. The maximum atomic E-state index is 4.35. The fourth-order valence-corrected chi connectivity index (χ4v) is 1.92. The standard InChI is InChI=1S/C16H12N2/c1-2-11-17-14(6-1)10-9-13-5-3-8-16-15(13)7-4-12-18-16/h1-12H/b10-9+. The Morgan fingerprint density at radius 2 is 1.67 bits per heavy atom. The van der Waals surface area contributed by atoms with Crippen LogP contribution in [0.1, 0.15) is 11.3 Å². The molecule has 0 aliphatic rings. The highest BCUT2D eigenvalue weighted by Gasteiger charge is 1.97. The Bertz CT molecular complexity index is 682. The van der Waals surface area contributed by atoms with Gasteiger partial charge in [0, 0.05) is 17.8 Å². The van der Waals surface area contributed by atoms with Crippen LogP contribution in [0.25, 0.3) is 23.1 Å². The minimum Gasteiger partial charge on any atom is -0.257 e. The molecule has 0 aliphatic heterocycles. The topological polar surface area (TPSA) is 25.8 Å². The van der Waals surface area contributed by atoms with Gasteiger partial charge in [0.05, 0.1) is 11.2 Å². The van der Waals surface area contributed by atoms with Crippen molar-refractivity contribution in [2.75, 3.05) is 0 Å². The number of fused-ring (bicyclic) bond motifs is 1. The van der Waals surface area contributed by atoms with Crippen molar-refractivity contribution in [2.24, 2.45) is 0 Å². The van der Waals surface area contributed by atoms with Crippen LogP contribution < -0.4 is 0 Å². The molecule has 0 fully saturated rings. The van der Waals surface area contributed by atoms with Crippen LogP contribution in [0.15, 0.2) is 60.9 Å². The van der Waals surface area contributed by atoms with Crippen LogP contribution >= 0.6 is 0 Å². The third kappa shape index (κ3) is 2.13. The molecule has 0 bridgehead atoms. The monoisotopic (exact) mass is 232 g/mol. The van der Waals surface area contributed by atoms with Gasteiger partial charge in [-0.25, -0.2) is 0 Å². The van der Waals surface area contributed by atoms with Crippen molar-refractivity contribution in [1.29, 1.82) is 0 Å². The van der Waals surface area contributed by atoms with Gasteiger partial charge in [-0.05, 0) is 35.9 Å². The molecule has 2 nitrogen and oxygen atoms in total. The van der Waals surface area contributed by atoms with E-state index in [1.807, 2.05) is 48.7 Å². The van der Waals surface area contributed by atoms with E-state index in [-0.39, 0.29) is 0 Å². The largest absolute Gasteiger partial charge is 0.257 e. The molecular weight excluding hydrogens is 220 g/mol. The lowest BCUT2D eigenvalue weighted by atomic mass is 10.1. The van der Waals surface area contributed by atoms with Gasteiger partial charge in [-0.3, -0.25) is 9.97 Å². The molecule has 18 heavy (non-hydrogen) atoms. The second-order valence-corrected chi connectivity index (χ2v) is 4.01. The average molecular weight is 232 g/mol. The van der Waals surface area contributed by atoms with Crippen molar-refractivity contribution < 1.29 is 0 Å². The summed E-state index contributed by atoms with van der Waals surface area (Å²) >= 11 is 0. The molecule has 2 heterocycles. The SMILES string of the molecule is C(=C\c1cccc2ncccc12)/c1ccccn1. The van der Waals surface area contributed by atoms with Gasteiger partial charge in [-0.15, -0.1) is 0 Å². The molecule has 0 N–H and O–H groups in total. The number of nitrogens with zero attached hydrogens (tertiary/aromatic N) is 2. The summed E-state index contributed by atoms with van der Waals surface area (Å²) in [5, 5.41) is 1.16. The van der Waals surface area contributed by atoms with E-state index in [0.717, 1.165) is 22.2 Å². The van der Waals surface area contributed by atoms with E-state index >= 15 is 0 Å². The molecule has 86 valence electrons. The van der Waals surface area contributed by atoms with E-state index in [1.54, 1.807) is 6.20 Å². The number of benzene rings is 1. The first-order chi connectivity index (χ1) is 8.93. The highest BCUT2D eigenvalue weighted by molar-refractivity contribution is 5.90. The van der Waals surface area contributed by atoms with Gasteiger partial charge in [0.25, 0.3) is 0 Å². The second kappa shape index (κ2) is 4.80. The summed E-state index contributed by atoms with van der Waals surface area (Å²) in [4.78, 5) is 8.62. The smallest absolute Gasteiger partial charge is 0.0707 e. The number of pyridine rings is 2. The van der Waals surface area contributed by atoms with Crippen molar-refractivity contribution in [3.63, 3.8) is 0 Å². The Morgan fingerprint density at radius 1 is 0.722 bits per heavy atom. The molecule has 0 spiro atoms. The first kappa shape index (κ1) is 10.7. The van der Waals surface area contributed by atoms with Crippen molar-refractivity contribution in [3.05, 3.63) is 72.2 Å². The van der Waals surface area contributed by atoms with Crippen molar-refractivity contribution in [2.45, 2.75) is 0 Å². The van der Waals surface area contributed by atoms with E-state index in [0.29, 0.717) is 0 Å². The molecule has 2 aromatic heterocycles. The molecule has 0 atom stereocenters. The number of rotatable bonds is 2. The van der Waals surface area contributed by atoms with E-state index in [9.17, 15) is 0 Å². The Balaban J connectivity index is 2.03. The predicted octanol–water partition coefficient (Wildman–Crippen LogP) is 3.80. The maximum Gasteiger partial charge on any atom is 0.0707 e. The summed E-state index contributed by atoms with van der Waals surface area (Å²) in [7, 11) is 0. The van der Waals surface area contributed by atoms with Gasteiger partial charge in [-0.1, -0.05) is 30.3 Å². The van der Waals surface area contributed by atoms with Gasteiger partial charge in [0.2, 0.25) is 0 Å². The van der Waals surface area contributed by atoms with E-state index in [4.69, 9.17) is 0 Å². The highest BCUT2D eigenvalue weighted by atomic mass is 14.7. The zero-order chi connectivity index (χ0) is 12.2. The lowest BCUT2D eigenvalue weighted by molar-refractivity contribution is 1.30. The summed E-state index contributed by atoms with van der Waals surface area (Å²) in [5.74, 6) is 0. The van der Waals surface area contributed by atoms with Crippen LogP contribution in [-0.4, -0.2) is 9.97 Å². The predicted molar refractivity (Wildman–Crippen MR) is 74.9 cm³/mol. The molecule has 3 rings (SSSR count).